The Bertz CT molecular complexity index is 686. The third-order valence-electron chi connectivity index (χ3n) is 2.65. The molecule has 3 aromatic rings. The number of hydrogen-bond donors (Lipinski definition) is 1. The number of hydrogen-bond acceptors (Lipinski definition) is 5. The summed E-state index contributed by atoms with van der Waals surface area (Å²) < 4.78 is 0. The molecule has 0 aliphatic heterocycles. The summed E-state index contributed by atoms with van der Waals surface area (Å²) in [4.78, 5) is 13.9. The number of anilines is 1. The number of aromatic nitrogens is 3. The van der Waals surface area contributed by atoms with E-state index >= 15 is 0 Å². The molecular weight excluding hydrogens is 292 g/mol. The van der Waals surface area contributed by atoms with Crippen LogP contribution in [0.4, 0.5) is 5.82 Å². The Morgan fingerprint density at radius 2 is 2.00 bits per heavy atom. The first-order chi connectivity index (χ1) is 9.81. The van der Waals surface area contributed by atoms with Crippen molar-refractivity contribution < 1.29 is 0 Å². The van der Waals surface area contributed by atoms with E-state index in [9.17, 15) is 0 Å². The van der Waals surface area contributed by atoms with Crippen LogP contribution >= 0.6 is 22.9 Å². The molecule has 1 aromatic carbocycles. The van der Waals surface area contributed by atoms with Crippen LogP contribution in [0.15, 0.2) is 48.1 Å². The highest BCUT2D eigenvalue weighted by atomic mass is 35.5. The van der Waals surface area contributed by atoms with E-state index in [1.807, 2.05) is 36.5 Å². The van der Waals surface area contributed by atoms with Crippen molar-refractivity contribution in [3.8, 4) is 11.4 Å². The molecule has 0 aliphatic rings. The molecule has 0 atom stereocenters. The second-order valence-corrected chi connectivity index (χ2v) is 5.44. The van der Waals surface area contributed by atoms with Gasteiger partial charge in [0.1, 0.15) is 11.0 Å². The summed E-state index contributed by atoms with van der Waals surface area (Å²) in [5.74, 6) is 1.32. The molecule has 0 fully saturated rings. The molecule has 0 bridgehead atoms. The zero-order valence-electron chi connectivity index (χ0n) is 10.5. The van der Waals surface area contributed by atoms with Crippen molar-refractivity contribution >= 4 is 28.8 Å². The standard InChI is InChI=1S/C14H11ClN4S/c15-12-6-13(17-8-11-7-16-9-20-11)19-14(18-12)10-4-2-1-3-5-10/h1-7,9H,8H2,(H,17,18,19). The van der Waals surface area contributed by atoms with Crippen molar-refractivity contribution in [2.75, 3.05) is 5.32 Å². The maximum Gasteiger partial charge on any atom is 0.163 e. The first-order valence-corrected chi connectivity index (χ1v) is 7.28. The Kier molecular flexibility index (Phi) is 3.90. The van der Waals surface area contributed by atoms with Crippen molar-refractivity contribution in [3.63, 3.8) is 0 Å². The number of nitrogens with one attached hydrogen (secondary N) is 1. The van der Waals surface area contributed by atoms with Crippen molar-refractivity contribution in [1.82, 2.24) is 15.0 Å². The van der Waals surface area contributed by atoms with Gasteiger partial charge in [-0.3, -0.25) is 4.98 Å². The Balaban J connectivity index is 1.83. The molecule has 0 saturated carbocycles. The molecule has 2 aromatic heterocycles. The van der Waals surface area contributed by atoms with Gasteiger partial charge >= 0.3 is 0 Å². The largest absolute Gasteiger partial charge is 0.365 e. The summed E-state index contributed by atoms with van der Waals surface area (Å²) in [6.07, 6.45) is 1.83. The zero-order valence-corrected chi connectivity index (χ0v) is 12.0. The van der Waals surface area contributed by atoms with Crippen molar-refractivity contribution in [1.29, 1.82) is 0 Å². The zero-order chi connectivity index (χ0) is 13.8. The fourth-order valence-corrected chi connectivity index (χ4v) is 2.45. The summed E-state index contributed by atoms with van der Waals surface area (Å²) in [5.41, 5.74) is 2.75. The Morgan fingerprint density at radius 3 is 2.75 bits per heavy atom. The van der Waals surface area contributed by atoms with E-state index in [4.69, 9.17) is 11.6 Å². The molecule has 3 rings (SSSR count). The second kappa shape index (κ2) is 5.98. The van der Waals surface area contributed by atoms with Crippen LogP contribution < -0.4 is 5.32 Å². The van der Waals surface area contributed by atoms with E-state index in [2.05, 4.69) is 20.3 Å². The van der Waals surface area contributed by atoms with Crippen molar-refractivity contribution in [2.24, 2.45) is 0 Å². The molecule has 4 nitrogen and oxygen atoms in total. The number of rotatable bonds is 4. The molecule has 0 spiro atoms. The minimum Gasteiger partial charge on any atom is -0.365 e. The first kappa shape index (κ1) is 13.0. The maximum atomic E-state index is 6.06. The summed E-state index contributed by atoms with van der Waals surface area (Å²) in [5, 5.41) is 3.65. The molecule has 6 heteroatoms. The number of nitrogens with zero attached hydrogens (tertiary/aromatic N) is 3. The van der Waals surface area contributed by atoms with Crippen LogP contribution in [-0.2, 0) is 6.54 Å². The molecule has 0 amide bonds. The van der Waals surface area contributed by atoms with E-state index in [0.717, 1.165) is 10.4 Å². The third-order valence-corrected chi connectivity index (χ3v) is 3.63. The third kappa shape index (κ3) is 3.12. The normalized spacial score (nSPS) is 10.4. The Morgan fingerprint density at radius 1 is 1.15 bits per heavy atom. The minimum absolute atomic E-state index is 0.422. The Hall–Kier alpha value is -1.98. The van der Waals surface area contributed by atoms with Gasteiger partial charge < -0.3 is 5.32 Å². The van der Waals surface area contributed by atoms with Gasteiger partial charge in [-0.2, -0.15) is 0 Å². The van der Waals surface area contributed by atoms with Gasteiger partial charge in [-0.05, 0) is 0 Å². The van der Waals surface area contributed by atoms with E-state index in [1.165, 1.54) is 0 Å². The van der Waals surface area contributed by atoms with Crippen LogP contribution in [0.2, 0.25) is 5.15 Å². The fourth-order valence-electron chi connectivity index (χ4n) is 1.73. The molecule has 20 heavy (non-hydrogen) atoms. The van der Waals surface area contributed by atoms with Gasteiger partial charge in [0.05, 0.1) is 12.1 Å². The quantitative estimate of drug-likeness (QED) is 0.743. The SMILES string of the molecule is Clc1cc(NCc2cncs2)nc(-c2ccccc2)n1. The van der Waals surface area contributed by atoms with E-state index in [-0.39, 0.29) is 0 Å². The van der Waals surface area contributed by atoms with Crippen LogP contribution in [0.3, 0.4) is 0 Å². The topological polar surface area (TPSA) is 50.7 Å². The lowest BCUT2D eigenvalue weighted by atomic mass is 10.2. The molecule has 0 radical (unpaired) electrons. The maximum absolute atomic E-state index is 6.06. The lowest BCUT2D eigenvalue weighted by Gasteiger charge is -2.07. The Labute approximate surface area is 125 Å². The van der Waals surface area contributed by atoms with Crippen molar-refractivity contribution in [3.05, 3.63) is 58.1 Å². The van der Waals surface area contributed by atoms with Crippen molar-refractivity contribution in [2.45, 2.75) is 6.54 Å². The van der Waals surface area contributed by atoms with Gasteiger partial charge in [0, 0.05) is 22.7 Å². The molecular formula is C14H11ClN4S. The van der Waals surface area contributed by atoms with Crippen LogP contribution in [0, 0.1) is 0 Å². The van der Waals surface area contributed by atoms with E-state index in [0.29, 0.717) is 23.3 Å². The molecule has 2 heterocycles. The van der Waals surface area contributed by atoms with Gasteiger partial charge in [0.2, 0.25) is 0 Å². The second-order valence-electron chi connectivity index (χ2n) is 4.09. The van der Waals surface area contributed by atoms with Gasteiger partial charge in [0.25, 0.3) is 0 Å². The van der Waals surface area contributed by atoms with E-state index in [1.54, 1.807) is 22.9 Å². The molecule has 0 saturated heterocycles. The number of halogens is 1. The summed E-state index contributed by atoms with van der Waals surface area (Å²) in [6.45, 7) is 0.673. The highest BCUT2D eigenvalue weighted by Gasteiger charge is 2.05. The fraction of sp³-hybridized carbons (Fsp3) is 0.0714. The number of thiazole rings is 1. The summed E-state index contributed by atoms with van der Waals surface area (Å²) in [6, 6.07) is 11.5. The highest BCUT2D eigenvalue weighted by molar-refractivity contribution is 7.09. The van der Waals surface area contributed by atoms with Crippen LogP contribution in [0.25, 0.3) is 11.4 Å². The molecule has 0 aliphatic carbocycles. The lowest BCUT2D eigenvalue weighted by Crippen LogP contribution is -2.02. The predicted molar refractivity (Wildman–Crippen MR) is 81.9 cm³/mol. The average molecular weight is 303 g/mol. The monoisotopic (exact) mass is 302 g/mol. The lowest BCUT2D eigenvalue weighted by molar-refractivity contribution is 1.10. The van der Waals surface area contributed by atoms with Gasteiger partial charge in [-0.25, -0.2) is 9.97 Å². The van der Waals surface area contributed by atoms with Crippen LogP contribution in [0.5, 0.6) is 0 Å². The smallest absolute Gasteiger partial charge is 0.163 e. The van der Waals surface area contributed by atoms with E-state index < -0.39 is 0 Å². The van der Waals surface area contributed by atoms with Gasteiger partial charge in [-0.15, -0.1) is 11.3 Å². The van der Waals surface area contributed by atoms with Crippen LogP contribution in [-0.4, -0.2) is 15.0 Å². The predicted octanol–water partition coefficient (Wildman–Crippen LogP) is 3.87. The minimum atomic E-state index is 0.422. The number of benzene rings is 1. The van der Waals surface area contributed by atoms with Crippen LogP contribution in [0.1, 0.15) is 4.88 Å². The molecule has 100 valence electrons. The first-order valence-electron chi connectivity index (χ1n) is 6.02. The highest BCUT2D eigenvalue weighted by Crippen LogP contribution is 2.20. The average Bonchev–Trinajstić information content (AvgIpc) is 2.99. The summed E-state index contributed by atoms with van der Waals surface area (Å²) in [7, 11) is 0. The summed E-state index contributed by atoms with van der Waals surface area (Å²) >= 11 is 7.66. The van der Waals surface area contributed by atoms with Gasteiger partial charge in [-0.1, -0.05) is 41.9 Å². The molecule has 1 N–H and O–H groups in total. The molecule has 0 unspecified atom stereocenters. The van der Waals surface area contributed by atoms with Gasteiger partial charge in [0.15, 0.2) is 5.82 Å².